The molecule has 0 radical (unpaired) electrons. The fourth-order valence-corrected chi connectivity index (χ4v) is 3.63. The van der Waals surface area contributed by atoms with E-state index in [2.05, 4.69) is 72.6 Å². The Bertz CT molecular complexity index is 619. The minimum atomic E-state index is 0. The molecular weight excluding hydrogens is 489 g/mol. The van der Waals surface area contributed by atoms with E-state index in [1.54, 1.807) is 0 Å². The molecule has 2 rings (SSSR count). The van der Waals surface area contributed by atoms with Crippen LogP contribution < -0.4 is 15.5 Å². The summed E-state index contributed by atoms with van der Waals surface area (Å²) in [6.45, 7) is 11.9. The third-order valence-electron chi connectivity index (χ3n) is 5.29. The summed E-state index contributed by atoms with van der Waals surface area (Å²) in [5.41, 5.74) is 2.62. The van der Waals surface area contributed by atoms with Gasteiger partial charge in [0.05, 0.1) is 18.7 Å². The number of hydrogen-bond acceptors (Lipinski definition) is 4. The fraction of sp³-hybridized carbons (Fsp3) is 0.696. The second-order valence-corrected chi connectivity index (χ2v) is 8.04. The van der Waals surface area contributed by atoms with Crippen LogP contribution in [-0.2, 0) is 4.74 Å². The van der Waals surface area contributed by atoms with Gasteiger partial charge in [-0.1, -0.05) is 12.1 Å². The van der Waals surface area contributed by atoms with E-state index in [1.807, 2.05) is 6.92 Å². The van der Waals surface area contributed by atoms with Crippen molar-refractivity contribution < 1.29 is 4.74 Å². The Hall–Kier alpha value is -1.06. The van der Waals surface area contributed by atoms with Crippen LogP contribution in [0.15, 0.2) is 29.3 Å². The lowest BCUT2D eigenvalue weighted by atomic mass is 10.1. The van der Waals surface area contributed by atoms with Crippen molar-refractivity contribution in [1.29, 1.82) is 0 Å². The van der Waals surface area contributed by atoms with Gasteiger partial charge in [-0.05, 0) is 71.8 Å². The van der Waals surface area contributed by atoms with Gasteiger partial charge in [-0.3, -0.25) is 4.99 Å². The number of anilines is 1. The lowest BCUT2D eigenvalue weighted by Crippen LogP contribution is -2.39. The third-order valence-corrected chi connectivity index (χ3v) is 5.29. The predicted molar refractivity (Wildman–Crippen MR) is 139 cm³/mol. The van der Waals surface area contributed by atoms with Gasteiger partial charge in [-0.25, -0.2) is 0 Å². The highest BCUT2D eigenvalue weighted by atomic mass is 127. The van der Waals surface area contributed by atoms with Gasteiger partial charge in [0.15, 0.2) is 5.96 Å². The lowest BCUT2D eigenvalue weighted by molar-refractivity contribution is 0.0582. The second-order valence-electron chi connectivity index (χ2n) is 8.04. The summed E-state index contributed by atoms with van der Waals surface area (Å²) in [7, 11) is 4.19. The van der Waals surface area contributed by atoms with Crippen LogP contribution in [0.1, 0.15) is 51.6 Å². The zero-order valence-corrected chi connectivity index (χ0v) is 21.8. The van der Waals surface area contributed by atoms with Crippen LogP contribution >= 0.6 is 24.0 Å². The molecule has 1 aromatic carbocycles. The Balaban J connectivity index is 0.00000450. The van der Waals surface area contributed by atoms with E-state index in [4.69, 9.17) is 9.73 Å². The van der Waals surface area contributed by atoms with Crippen LogP contribution in [0.2, 0.25) is 0 Å². The lowest BCUT2D eigenvalue weighted by Gasteiger charge is -2.23. The van der Waals surface area contributed by atoms with Crippen molar-refractivity contribution >= 4 is 35.6 Å². The van der Waals surface area contributed by atoms with Gasteiger partial charge in [0.2, 0.25) is 0 Å². The Morgan fingerprint density at radius 1 is 1.23 bits per heavy atom. The maximum absolute atomic E-state index is 5.89. The van der Waals surface area contributed by atoms with Gasteiger partial charge in [0.1, 0.15) is 0 Å². The first-order valence-electron chi connectivity index (χ1n) is 11.2. The molecule has 30 heavy (non-hydrogen) atoms. The summed E-state index contributed by atoms with van der Waals surface area (Å²) in [4.78, 5) is 9.48. The maximum Gasteiger partial charge on any atom is 0.191 e. The molecule has 2 unspecified atom stereocenters. The molecule has 2 N–H and O–H groups in total. The highest BCUT2D eigenvalue weighted by molar-refractivity contribution is 14.0. The second kappa shape index (κ2) is 14.9. The summed E-state index contributed by atoms with van der Waals surface area (Å²) in [5, 5.41) is 6.95. The predicted octanol–water partition coefficient (Wildman–Crippen LogP) is 3.88. The normalized spacial score (nSPS) is 16.3. The smallest absolute Gasteiger partial charge is 0.191 e. The molecule has 1 heterocycles. The molecule has 0 aromatic heterocycles. The van der Waals surface area contributed by atoms with E-state index in [-0.39, 0.29) is 36.1 Å². The van der Waals surface area contributed by atoms with E-state index >= 15 is 0 Å². The summed E-state index contributed by atoms with van der Waals surface area (Å²) < 4.78 is 5.89. The molecule has 172 valence electrons. The monoisotopic (exact) mass is 531 g/mol. The van der Waals surface area contributed by atoms with Crippen molar-refractivity contribution in [2.75, 3.05) is 58.3 Å². The topological polar surface area (TPSA) is 52.1 Å². The average molecular weight is 532 g/mol. The SMILES string of the molecule is CCNC(=NCC(CCN(C)C)OCC)NC(C)c1cccc(N2CCCC2)c1.I. The highest BCUT2D eigenvalue weighted by Gasteiger charge is 2.15. The number of halogens is 1. The summed E-state index contributed by atoms with van der Waals surface area (Å²) in [5.74, 6) is 0.848. The molecule has 1 aliphatic heterocycles. The summed E-state index contributed by atoms with van der Waals surface area (Å²) in [6, 6.07) is 9.08. The highest BCUT2D eigenvalue weighted by Crippen LogP contribution is 2.23. The third kappa shape index (κ3) is 9.39. The molecule has 0 saturated carbocycles. The van der Waals surface area contributed by atoms with E-state index in [0.717, 1.165) is 32.1 Å². The number of nitrogens with zero attached hydrogens (tertiary/aromatic N) is 3. The molecule has 0 amide bonds. The molecule has 0 aliphatic carbocycles. The molecule has 0 bridgehead atoms. The fourth-order valence-electron chi connectivity index (χ4n) is 3.63. The minimum Gasteiger partial charge on any atom is -0.377 e. The van der Waals surface area contributed by atoms with E-state index in [0.29, 0.717) is 6.54 Å². The first kappa shape index (κ1) is 27.0. The molecule has 1 fully saturated rings. The van der Waals surface area contributed by atoms with Crippen molar-refractivity contribution in [3.05, 3.63) is 29.8 Å². The Morgan fingerprint density at radius 3 is 2.60 bits per heavy atom. The number of hydrogen-bond donors (Lipinski definition) is 2. The van der Waals surface area contributed by atoms with Crippen LogP contribution in [0.4, 0.5) is 5.69 Å². The Labute approximate surface area is 200 Å². The Morgan fingerprint density at radius 2 is 1.97 bits per heavy atom. The molecule has 1 saturated heterocycles. The molecule has 0 spiro atoms. The molecular formula is C23H42IN5O. The quantitative estimate of drug-likeness (QED) is 0.258. The average Bonchev–Trinajstić information content (AvgIpc) is 3.25. The van der Waals surface area contributed by atoms with Gasteiger partial charge in [-0.2, -0.15) is 0 Å². The molecule has 1 aliphatic rings. The van der Waals surface area contributed by atoms with Crippen molar-refractivity contribution in [1.82, 2.24) is 15.5 Å². The van der Waals surface area contributed by atoms with Gasteiger partial charge < -0.3 is 25.2 Å². The van der Waals surface area contributed by atoms with Crippen LogP contribution in [0, 0.1) is 0 Å². The maximum atomic E-state index is 5.89. The van der Waals surface area contributed by atoms with Crippen molar-refractivity contribution in [2.24, 2.45) is 4.99 Å². The molecule has 2 atom stereocenters. The van der Waals surface area contributed by atoms with Crippen molar-refractivity contribution in [2.45, 2.75) is 52.2 Å². The van der Waals surface area contributed by atoms with Crippen molar-refractivity contribution in [3.8, 4) is 0 Å². The number of aliphatic imine (C=N–C) groups is 1. The van der Waals surface area contributed by atoms with Crippen LogP contribution in [0.25, 0.3) is 0 Å². The standard InChI is InChI=1S/C23H41N5O.HI/c1-6-24-23(25-18-22(29-7-2)13-16-27(4)5)26-19(3)20-11-10-12-21(17-20)28-14-8-9-15-28;/h10-12,17,19,22H,6-9,13-16,18H2,1-5H3,(H2,24,25,26);1H. The van der Waals surface area contributed by atoms with E-state index < -0.39 is 0 Å². The Kier molecular flexibility index (Phi) is 13.4. The van der Waals surface area contributed by atoms with Gasteiger partial charge in [0, 0.05) is 38.5 Å². The zero-order chi connectivity index (χ0) is 21.1. The number of rotatable bonds is 11. The van der Waals surface area contributed by atoms with E-state index in [1.165, 1.54) is 37.2 Å². The number of nitrogens with one attached hydrogen (secondary N) is 2. The molecule has 6 nitrogen and oxygen atoms in total. The van der Waals surface area contributed by atoms with Crippen molar-refractivity contribution in [3.63, 3.8) is 0 Å². The molecule has 7 heteroatoms. The first-order valence-corrected chi connectivity index (χ1v) is 11.2. The largest absolute Gasteiger partial charge is 0.377 e. The zero-order valence-electron chi connectivity index (χ0n) is 19.5. The van der Waals surface area contributed by atoms with Crippen LogP contribution in [-0.4, -0.2) is 70.4 Å². The summed E-state index contributed by atoms with van der Waals surface area (Å²) in [6.07, 6.45) is 3.72. The number of ether oxygens (including phenoxy) is 1. The number of guanidine groups is 1. The van der Waals surface area contributed by atoms with Crippen LogP contribution in [0.5, 0.6) is 0 Å². The molecule has 1 aromatic rings. The first-order chi connectivity index (χ1) is 14.0. The van der Waals surface area contributed by atoms with E-state index in [9.17, 15) is 0 Å². The summed E-state index contributed by atoms with van der Waals surface area (Å²) >= 11 is 0. The van der Waals surface area contributed by atoms with Gasteiger partial charge in [0.25, 0.3) is 0 Å². The van der Waals surface area contributed by atoms with Gasteiger partial charge >= 0.3 is 0 Å². The number of benzene rings is 1. The minimum absolute atomic E-state index is 0. The van der Waals surface area contributed by atoms with Crippen LogP contribution in [0.3, 0.4) is 0 Å². The van der Waals surface area contributed by atoms with Gasteiger partial charge in [-0.15, -0.1) is 24.0 Å².